The van der Waals surface area contributed by atoms with Crippen molar-refractivity contribution in [1.29, 1.82) is 0 Å². The van der Waals surface area contributed by atoms with Crippen molar-refractivity contribution < 1.29 is 9.18 Å². The number of hydrogen-bond acceptors (Lipinski definition) is 2. The van der Waals surface area contributed by atoms with Gasteiger partial charge in [0, 0.05) is 12.0 Å². The molecule has 0 bridgehead atoms. The standard InChI is InChI=1S/C12H13FN2O/c1-2-12(16)15-14-11-6-4-8-3-5-9(13)7-10(8)11/h3,5,7H,2,4,6H2,1H3,(H,15,16). The van der Waals surface area contributed by atoms with E-state index in [9.17, 15) is 9.18 Å². The van der Waals surface area contributed by atoms with Crippen molar-refractivity contribution in [3.63, 3.8) is 0 Å². The number of carbonyl (C=O) groups is 1. The molecule has 1 aromatic carbocycles. The third kappa shape index (κ3) is 2.10. The molecular formula is C12H13FN2O. The Labute approximate surface area is 93.4 Å². The summed E-state index contributed by atoms with van der Waals surface area (Å²) >= 11 is 0. The van der Waals surface area contributed by atoms with E-state index >= 15 is 0 Å². The second-order valence-electron chi connectivity index (χ2n) is 3.75. The van der Waals surface area contributed by atoms with Gasteiger partial charge in [0.1, 0.15) is 5.82 Å². The van der Waals surface area contributed by atoms with E-state index in [1.807, 2.05) is 0 Å². The zero-order chi connectivity index (χ0) is 11.5. The van der Waals surface area contributed by atoms with Crippen molar-refractivity contribution in [2.24, 2.45) is 5.10 Å². The highest BCUT2D eigenvalue weighted by Crippen LogP contribution is 2.23. The van der Waals surface area contributed by atoms with E-state index < -0.39 is 0 Å². The maximum atomic E-state index is 13.1. The molecule has 1 N–H and O–H groups in total. The number of aryl methyl sites for hydroxylation is 1. The van der Waals surface area contributed by atoms with Crippen LogP contribution in [0.25, 0.3) is 0 Å². The third-order valence-electron chi connectivity index (χ3n) is 2.65. The highest BCUT2D eigenvalue weighted by molar-refractivity contribution is 6.04. The van der Waals surface area contributed by atoms with E-state index in [2.05, 4.69) is 10.5 Å². The molecule has 84 valence electrons. The van der Waals surface area contributed by atoms with Gasteiger partial charge in [-0.25, -0.2) is 9.82 Å². The Balaban J connectivity index is 2.22. The summed E-state index contributed by atoms with van der Waals surface area (Å²) in [5.74, 6) is -0.396. The molecule has 2 rings (SSSR count). The Morgan fingerprint density at radius 2 is 2.31 bits per heavy atom. The van der Waals surface area contributed by atoms with Gasteiger partial charge in [-0.15, -0.1) is 0 Å². The van der Waals surface area contributed by atoms with E-state index in [1.54, 1.807) is 13.0 Å². The molecule has 1 amide bonds. The predicted molar refractivity (Wildman–Crippen MR) is 59.7 cm³/mol. The topological polar surface area (TPSA) is 41.5 Å². The maximum absolute atomic E-state index is 13.1. The number of amides is 1. The van der Waals surface area contributed by atoms with Crippen LogP contribution in [0.4, 0.5) is 4.39 Å². The average molecular weight is 220 g/mol. The van der Waals surface area contributed by atoms with Gasteiger partial charge in [0.05, 0.1) is 5.71 Å². The molecule has 1 aliphatic rings. The maximum Gasteiger partial charge on any atom is 0.239 e. The summed E-state index contributed by atoms with van der Waals surface area (Å²) in [4.78, 5) is 11.1. The van der Waals surface area contributed by atoms with Crippen molar-refractivity contribution in [3.05, 3.63) is 35.1 Å². The molecule has 1 aromatic rings. The van der Waals surface area contributed by atoms with Gasteiger partial charge in [-0.2, -0.15) is 5.10 Å². The minimum atomic E-state index is -0.268. The number of nitrogens with one attached hydrogen (secondary N) is 1. The number of hydrogen-bond donors (Lipinski definition) is 1. The molecule has 0 atom stereocenters. The molecule has 0 heterocycles. The van der Waals surface area contributed by atoms with Crippen molar-refractivity contribution in [2.45, 2.75) is 26.2 Å². The fourth-order valence-electron chi connectivity index (χ4n) is 1.75. The molecule has 4 heteroatoms. The van der Waals surface area contributed by atoms with Crippen LogP contribution in [0.15, 0.2) is 23.3 Å². The lowest BCUT2D eigenvalue weighted by Gasteiger charge is -2.01. The summed E-state index contributed by atoms with van der Waals surface area (Å²) in [6.45, 7) is 1.76. The van der Waals surface area contributed by atoms with Crippen LogP contribution in [0.3, 0.4) is 0 Å². The molecule has 0 unspecified atom stereocenters. The Morgan fingerprint density at radius 3 is 3.06 bits per heavy atom. The Hall–Kier alpha value is -1.71. The van der Waals surface area contributed by atoms with Crippen molar-refractivity contribution in [1.82, 2.24) is 5.43 Å². The third-order valence-corrected chi connectivity index (χ3v) is 2.65. The zero-order valence-electron chi connectivity index (χ0n) is 9.09. The lowest BCUT2D eigenvalue weighted by molar-refractivity contribution is -0.120. The van der Waals surface area contributed by atoms with Crippen LogP contribution in [0, 0.1) is 5.82 Å². The summed E-state index contributed by atoms with van der Waals surface area (Å²) in [6.07, 6.45) is 2.01. The molecular weight excluding hydrogens is 207 g/mol. The summed E-state index contributed by atoms with van der Waals surface area (Å²) in [5.41, 5.74) is 5.13. The summed E-state index contributed by atoms with van der Waals surface area (Å²) < 4.78 is 13.1. The lowest BCUT2D eigenvalue weighted by atomic mass is 10.1. The molecule has 0 radical (unpaired) electrons. The average Bonchev–Trinajstić information content (AvgIpc) is 2.68. The van der Waals surface area contributed by atoms with Crippen LogP contribution >= 0.6 is 0 Å². The molecule has 0 saturated heterocycles. The number of halogens is 1. The van der Waals surface area contributed by atoms with Gasteiger partial charge in [0.15, 0.2) is 0 Å². The monoisotopic (exact) mass is 220 g/mol. The van der Waals surface area contributed by atoms with Gasteiger partial charge in [-0.05, 0) is 30.5 Å². The first-order valence-corrected chi connectivity index (χ1v) is 5.35. The summed E-state index contributed by atoms with van der Waals surface area (Å²) in [6, 6.07) is 4.69. The highest BCUT2D eigenvalue weighted by Gasteiger charge is 2.18. The van der Waals surface area contributed by atoms with Crippen LogP contribution in [0.2, 0.25) is 0 Å². The predicted octanol–water partition coefficient (Wildman–Crippen LogP) is 2.00. The van der Waals surface area contributed by atoms with Crippen LogP contribution < -0.4 is 5.43 Å². The van der Waals surface area contributed by atoms with Crippen LogP contribution in [-0.4, -0.2) is 11.6 Å². The molecule has 0 aromatic heterocycles. The van der Waals surface area contributed by atoms with Crippen LogP contribution in [-0.2, 0) is 11.2 Å². The molecule has 0 saturated carbocycles. The number of rotatable bonds is 2. The Bertz CT molecular complexity index is 454. The van der Waals surface area contributed by atoms with E-state index in [-0.39, 0.29) is 11.7 Å². The van der Waals surface area contributed by atoms with E-state index in [0.717, 1.165) is 29.7 Å². The number of fused-ring (bicyclic) bond motifs is 1. The number of benzene rings is 1. The fourth-order valence-corrected chi connectivity index (χ4v) is 1.75. The van der Waals surface area contributed by atoms with Gasteiger partial charge < -0.3 is 0 Å². The van der Waals surface area contributed by atoms with Crippen molar-refractivity contribution in [3.8, 4) is 0 Å². The molecule has 0 aliphatic heterocycles. The largest absolute Gasteiger partial charge is 0.273 e. The normalized spacial score (nSPS) is 16.2. The first-order valence-electron chi connectivity index (χ1n) is 5.35. The minimum Gasteiger partial charge on any atom is -0.273 e. The SMILES string of the molecule is CCC(=O)NN=C1CCc2ccc(F)cc21. The lowest BCUT2D eigenvalue weighted by Crippen LogP contribution is -2.17. The Morgan fingerprint density at radius 1 is 1.50 bits per heavy atom. The summed E-state index contributed by atoms with van der Waals surface area (Å²) in [5, 5.41) is 4.03. The number of carbonyl (C=O) groups excluding carboxylic acids is 1. The molecule has 0 spiro atoms. The quantitative estimate of drug-likeness (QED) is 0.761. The Kier molecular flexibility index (Phi) is 2.99. The zero-order valence-corrected chi connectivity index (χ0v) is 9.09. The highest BCUT2D eigenvalue weighted by atomic mass is 19.1. The van der Waals surface area contributed by atoms with Crippen LogP contribution in [0.1, 0.15) is 30.9 Å². The second-order valence-corrected chi connectivity index (χ2v) is 3.75. The first-order chi connectivity index (χ1) is 7.70. The van der Waals surface area contributed by atoms with Gasteiger partial charge in [0.2, 0.25) is 5.91 Å². The second kappa shape index (κ2) is 4.43. The van der Waals surface area contributed by atoms with Gasteiger partial charge in [-0.1, -0.05) is 13.0 Å². The fraction of sp³-hybridized carbons (Fsp3) is 0.333. The van der Waals surface area contributed by atoms with Crippen LogP contribution in [0.5, 0.6) is 0 Å². The minimum absolute atomic E-state index is 0.127. The first kappa shape index (κ1) is 10.8. The van der Waals surface area contributed by atoms with E-state index in [4.69, 9.17) is 0 Å². The van der Waals surface area contributed by atoms with Gasteiger partial charge in [0.25, 0.3) is 0 Å². The van der Waals surface area contributed by atoms with Crippen molar-refractivity contribution in [2.75, 3.05) is 0 Å². The molecule has 1 aliphatic carbocycles. The van der Waals surface area contributed by atoms with Crippen molar-refractivity contribution >= 4 is 11.6 Å². The summed E-state index contributed by atoms with van der Waals surface area (Å²) in [7, 11) is 0. The van der Waals surface area contributed by atoms with E-state index in [1.165, 1.54) is 12.1 Å². The van der Waals surface area contributed by atoms with Gasteiger partial charge in [-0.3, -0.25) is 4.79 Å². The van der Waals surface area contributed by atoms with Gasteiger partial charge >= 0.3 is 0 Å². The van der Waals surface area contributed by atoms with E-state index in [0.29, 0.717) is 6.42 Å². The molecule has 0 fully saturated rings. The molecule has 16 heavy (non-hydrogen) atoms. The molecule has 3 nitrogen and oxygen atoms in total. The number of nitrogens with zero attached hydrogens (tertiary/aromatic N) is 1. The smallest absolute Gasteiger partial charge is 0.239 e. The number of hydrazone groups is 1.